The number of hydrogen-bond donors (Lipinski definition) is 2. The maximum atomic E-state index is 13.2. The maximum Gasteiger partial charge on any atom is 0.287 e. The fourth-order valence-corrected chi connectivity index (χ4v) is 4.27. The van der Waals surface area contributed by atoms with Crippen molar-refractivity contribution in [2.45, 2.75) is 38.6 Å². The van der Waals surface area contributed by atoms with Gasteiger partial charge in [0.25, 0.3) is 11.8 Å². The zero-order chi connectivity index (χ0) is 26.2. The minimum Gasteiger partial charge on any atom is -0.363 e. The molecule has 0 radical (unpaired) electrons. The van der Waals surface area contributed by atoms with Crippen LogP contribution in [-0.4, -0.2) is 33.4 Å². The van der Waals surface area contributed by atoms with E-state index in [9.17, 15) is 14.4 Å². The fourth-order valence-electron chi connectivity index (χ4n) is 4.27. The van der Waals surface area contributed by atoms with Gasteiger partial charge in [0.15, 0.2) is 0 Å². The Balaban J connectivity index is 1.47. The van der Waals surface area contributed by atoms with Crippen LogP contribution in [0.3, 0.4) is 0 Å². The maximum absolute atomic E-state index is 13.2. The number of nitrogens with zero attached hydrogens (tertiary/aromatic N) is 2. The number of nitrogens with two attached hydrogens (primary N) is 1. The summed E-state index contributed by atoms with van der Waals surface area (Å²) >= 11 is 0. The number of rotatable bonds is 11. The number of aryl methyl sites for hydroxylation is 3. The van der Waals surface area contributed by atoms with Crippen molar-refractivity contribution in [1.82, 2.24) is 15.1 Å². The average molecular weight is 495 g/mol. The molecule has 1 atom stereocenters. The van der Waals surface area contributed by atoms with Crippen molar-refractivity contribution in [3.63, 3.8) is 0 Å². The lowest BCUT2D eigenvalue weighted by atomic mass is 10.0. The Morgan fingerprint density at radius 1 is 0.838 bits per heavy atom. The number of benzene rings is 3. The number of amides is 2. The van der Waals surface area contributed by atoms with E-state index in [4.69, 9.17) is 5.73 Å². The largest absolute Gasteiger partial charge is 0.363 e. The van der Waals surface area contributed by atoms with E-state index in [-0.39, 0.29) is 12.1 Å². The van der Waals surface area contributed by atoms with Crippen molar-refractivity contribution in [1.29, 1.82) is 0 Å². The van der Waals surface area contributed by atoms with Gasteiger partial charge >= 0.3 is 0 Å². The number of nitrogens with one attached hydrogen (secondary N) is 1. The van der Waals surface area contributed by atoms with Crippen LogP contribution in [-0.2, 0) is 28.9 Å². The van der Waals surface area contributed by atoms with Gasteiger partial charge in [-0.05, 0) is 61.1 Å². The van der Waals surface area contributed by atoms with E-state index in [1.54, 1.807) is 17.7 Å². The van der Waals surface area contributed by atoms with Crippen molar-refractivity contribution in [3.05, 3.63) is 119 Å². The van der Waals surface area contributed by atoms with Crippen molar-refractivity contribution in [2.24, 2.45) is 5.73 Å². The number of carbonyl (C=O) groups is 3. The lowest BCUT2D eigenvalue weighted by molar-refractivity contribution is -0.137. The van der Waals surface area contributed by atoms with Gasteiger partial charge in [-0.2, -0.15) is 5.10 Å². The molecule has 4 rings (SSSR count). The monoisotopic (exact) mass is 494 g/mol. The van der Waals surface area contributed by atoms with Crippen molar-refractivity contribution >= 4 is 17.6 Å². The van der Waals surface area contributed by atoms with E-state index in [1.807, 2.05) is 60.7 Å². The second kappa shape index (κ2) is 11.9. The van der Waals surface area contributed by atoms with Crippen LogP contribution in [0.5, 0.6) is 0 Å². The minimum atomic E-state index is -1.09. The molecule has 4 aromatic rings. The number of carbonyl (C=O) groups excluding carboxylic acids is 3. The summed E-state index contributed by atoms with van der Waals surface area (Å²) in [6, 6.07) is 28.0. The summed E-state index contributed by atoms with van der Waals surface area (Å²) < 4.78 is 1.55. The third-order valence-corrected chi connectivity index (χ3v) is 6.17. The molecule has 188 valence electrons. The molecule has 7 nitrogen and oxygen atoms in total. The van der Waals surface area contributed by atoms with E-state index in [0.29, 0.717) is 5.69 Å². The van der Waals surface area contributed by atoms with Gasteiger partial charge in [0.1, 0.15) is 11.7 Å². The minimum absolute atomic E-state index is 0.152. The van der Waals surface area contributed by atoms with Gasteiger partial charge in [0.2, 0.25) is 5.78 Å². The smallest absolute Gasteiger partial charge is 0.287 e. The predicted molar refractivity (Wildman–Crippen MR) is 142 cm³/mol. The van der Waals surface area contributed by atoms with Crippen LogP contribution in [0.4, 0.5) is 0 Å². The summed E-state index contributed by atoms with van der Waals surface area (Å²) in [5, 5.41) is 7.18. The third kappa shape index (κ3) is 6.79. The van der Waals surface area contributed by atoms with Gasteiger partial charge in [-0.1, -0.05) is 72.8 Å². The molecular formula is C30H30N4O3. The molecular weight excluding hydrogens is 464 g/mol. The zero-order valence-corrected chi connectivity index (χ0v) is 20.8. The Hall–Kier alpha value is -4.52. The van der Waals surface area contributed by atoms with Gasteiger partial charge < -0.3 is 11.1 Å². The molecule has 1 aromatic heterocycles. The molecule has 0 fully saturated rings. The molecule has 3 N–H and O–H groups in total. The van der Waals surface area contributed by atoms with Gasteiger partial charge in [-0.15, -0.1) is 0 Å². The molecule has 2 amide bonds. The molecule has 0 spiro atoms. The normalized spacial score (nSPS) is 11.6. The molecule has 37 heavy (non-hydrogen) atoms. The molecule has 0 aliphatic carbocycles. The highest BCUT2D eigenvalue weighted by molar-refractivity contribution is 6.38. The number of primary amides is 1. The average Bonchev–Trinajstić information content (AvgIpc) is 3.31. The van der Waals surface area contributed by atoms with Crippen LogP contribution < -0.4 is 11.1 Å². The number of Topliss-reactive ketones (excluding diaryl/α,β-unsaturated/α-hetero) is 1. The number of hydrogen-bond acceptors (Lipinski definition) is 4. The van der Waals surface area contributed by atoms with Crippen LogP contribution in [0.25, 0.3) is 5.69 Å². The summed E-state index contributed by atoms with van der Waals surface area (Å²) in [5.41, 5.74) is 10.2. The number of aromatic nitrogens is 2. The van der Waals surface area contributed by atoms with Crippen molar-refractivity contribution in [3.8, 4) is 5.69 Å². The van der Waals surface area contributed by atoms with E-state index in [1.165, 1.54) is 11.1 Å². The van der Waals surface area contributed by atoms with Crippen LogP contribution in [0.1, 0.15) is 39.3 Å². The lowest BCUT2D eigenvalue weighted by Crippen LogP contribution is -2.47. The molecule has 3 aromatic carbocycles. The molecule has 0 saturated carbocycles. The first-order valence-electron chi connectivity index (χ1n) is 12.3. The second-order valence-corrected chi connectivity index (χ2v) is 9.03. The topological polar surface area (TPSA) is 107 Å². The third-order valence-electron chi connectivity index (χ3n) is 6.17. The van der Waals surface area contributed by atoms with Crippen LogP contribution in [0.15, 0.2) is 91.0 Å². The SMILES string of the molecule is Cc1cc(C(=O)NC(Cc2ccccc2)C(=O)C(N)=O)n(-c2ccc(CCCc3ccccc3)cc2)n1. The standard InChI is InChI=1S/C30H30N4O3/c1-21-19-27(30(37)32-26(28(35)29(31)36)20-24-11-6-3-7-12-24)34(33-21)25-17-15-23(16-18-25)14-8-13-22-9-4-2-5-10-22/h2-7,9-12,15-19,26H,8,13-14,20H2,1H3,(H2,31,36)(H,32,37). The van der Waals surface area contributed by atoms with Gasteiger partial charge in [0.05, 0.1) is 11.4 Å². The summed E-state index contributed by atoms with van der Waals surface area (Å²) in [7, 11) is 0. The summed E-state index contributed by atoms with van der Waals surface area (Å²) in [5.74, 6) is -2.45. The van der Waals surface area contributed by atoms with Crippen LogP contribution >= 0.6 is 0 Å². The van der Waals surface area contributed by atoms with E-state index >= 15 is 0 Å². The quantitative estimate of drug-likeness (QED) is 0.310. The molecule has 1 unspecified atom stereocenters. The Morgan fingerprint density at radius 2 is 1.41 bits per heavy atom. The molecule has 0 bridgehead atoms. The van der Waals surface area contributed by atoms with Crippen molar-refractivity contribution < 1.29 is 14.4 Å². The van der Waals surface area contributed by atoms with Crippen LogP contribution in [0.2, 0.25) is 0 Å². The Morgan fingerprint density at radius 3 is 2.00 bits per heavy atom. The first-order chi connectivity index (χ1) is 17.9. The highest BCUT2D eigenvalue weighted by atomic mass is 16.2. The molecule has 0 saturated heterocycles. The Bertz CT molecular complexity index is 1360. The summed E-state index contributed by atoms with van der Waals surface area (Å²) in [4.78, 5) is 37.4. The summed E-state index contributed by atoms with van der Waals surface area (Å²) in [6.07, 6.45) is 3.14. The van der Waals surface area contributed by atoms with Gasteiger partial charge in [-0.25, -0.2) is 4.68 Å². The Kier molecular flexibility index (Phi) is 8.26. The van der Waals surface area contributed by atoms with Gasteiger partial charge in [-0.3, -0.25) is 14.4 Å². The number of ketones is 1. The lowest BCUT2D eigenvalue weighted by Gasteiger charge is -2.17. The first-order valence-corrected chi connectivity index (χ1v) is 12.3. The fraction of sp³-hybridized carbons (Fsp3) is 0.200. The van der Waals surface area contributed by atoms with Crippen LogP contribution in [0, 0.1) is 6.92 Å². The highest BCUT2D eigenvalue weighted by Crippen LogP contribution is 2.16. The molecule has 7 heteroatoms. The predicted octanol–water partition coefficient (Wildman–Crippen LogP) is 3.75. The summed E-state index contributed by atoms with van der Waals surface area (Å²) in [6.45, 7) is 1.79. The second-order valence-electron chi connectivity index (χ2n) is 9.03. The molecule has 1 heterocycles. The zero-order valence-electron chi connectivity index (χ0n) is 20.8. The van der Waals surface area contributed by atoms with E-state index in [2.05, 4.69) is 34.7 Å². The highest BCUT2D eigenvalue weighted by Gasteiger charge is 2.27. The Labute approximate surface area is 216 Å². The first kappa shape index (κ1) is 25.6. The van der Waals surface area contributed by atoms with Crippen molar-refractivity contribution in [2.75, 3.05) is 0 Å². The molecule has 0 aliphatic rings. The molecule has 0 aliphatic heterocycles. The van der Waals surface area contributed by atoms with E-state index in [0.717, 1.165) is 30.5 Å². The van der Waals surface area contributed by atoms with Gasteiger partial charge in [0, 0.05) is 6.42 Å². The van der Waals surface area contributed by atoms with E-state index < -0.39 is 23.6 Å².